The van der Waals surface area contributed by atoms with Crippen LogP contribution in [0.3, 0.4) is 0 Å². The highest BCUT2D eigenvalue weighted by Crippen LogP contribution is 2.28. The Labute approximate surface area is 151 Å². The van der Waals surface area contributed by atoms with Crippen molar-refractivity contribution in [2.45, 2.75) is 26.2 Å². The van der Waals surface area contributed by atoms with Gasteiger partial charge in [-0.05, 0) is 55.4 Å². The molecule has 5 heteroatoms. The van der Waals surface area contributed by atoms with E-state index in [4.69, 9.17) is 4.74 Å². The quantitative estimate of drug-likeness (QED) is 0.736. The number of carbonyl (C=O) groups is 1. The fourth-order valence-electron chi connectivity index (χ4n) is 3.70. The second-order valence-electron chi connectivity index (χ2n) is 6.70. The molecule has 0 saturated heterocycles. The van der Waals surface area contributed by atoms with Gasteiger partial charge in [-0.2, -0.15) is 0 Å². The average molecular weight is 348 g/mol. The first-order valence-corrected chi connectivity index (χ1v) is 8.91. The second-order valence-corrected chi connectivity index (χ2v) is 6.70. The maximum absolute atomic E-state index is 12.6. The van der Waals surface area contributed by atoms with Crippen molar-refractivity contribution in [1.29, 1.82) is 0 Å². The number of H-pyrrole nitrogens is 1. The molecule has 0 bridgehead atoms. The number of carbonyl (C=O) groups excluding carboxylic acids is 1. The normalized spacial score (nSPS) is 13.7. The number of aromatic amines is 1. The van der Waals surface area contributed by atoms with Gasteiger partial charge >= 0.3 is 5.97 Å². The largest absolute Gasteiger partial charge is 0.462 e. The molecule has 1 aliphatic rings. The van der Waals surface area contributed by atoms with Crippen LogP contribution >= 0.6 is 0 Å². The van der Waals surface area contributed by atoms with Crippen LogP contribution in [-0.4, -0.2) is 22.5 Å². The minimum absolute atomic E-state index is 0.00253. The molecule has 0 unspecified atom stereocenters. The summed E-state index contributed by atoms with van der Waals surface area (Å²) < 4.78 is 4.94. The highest BCUT2D eigenvalue weighted by atomic mass is 16.5. The second kappa shape index (κ2) is 6.75. The van der Waals surface area contributed by atoms with Crippen molar-refractivity contribution >= 4 is 17.0 Å². The highest BCUT2D eigenvalue weighted by Gasteiger charge is 2.22. The molecular weight excluding hydrogens is 328 g/mol. The van der Waals surface area contributed by atoms with Crippen molar-refractivity contribution in [3.8, 4) is 0 Å². The Morgan fingerprint density at radius 1 is 1.19 bits per heavy atom. The van der Waals surface area contributed by atoms with Crippen molar-refractivity contribution in [2.75, 3.05) is 6.61 Å². The molecule has 2 aromatic heterocycles. The summed E-state index contributed by atoms with van der Waals surface area (Å²) in [7, 11) is 0. The Kier molecular flexibility index (Phi) is 4.29. The van der Waals surface area contributed by atoms with Crippen LogP contribution in [0.25, 0.3) is 11.0 Å². The molecule has 0 aliphatic heterocycles. The summed E-state index contributed by atoms with van der Waals surface area (Å²) in [6.45, 7) is 1.94. The molecule has 2 heterocycles. The zero-order valence-corrected chi connectivity index (χ0v) is 14.6. The summed E-state index contributed by atoms with van der Waals surface area (Å²) >= 11 is 0. The summed E-state index contributed by atoms with van der Waals surface area (Å²) in [5.74, 6) is -0.126. The monoisotopic (exact) mass is 348 g/mol. The molecule has 0 saturated carbocycles. The van der Waals surface area contributed by atoms with E-state index in [1.807, 2.05) is 12.1 Å². The van der Waals surface area contributed by atoms with Crippen molar-refractivity contribution in [1.82, 2.24) is 9.97 Å². The van der Waals surface area contributed by atoms with Gasteiger partial charge in [0, 0.05) is 11.9 Å². The predicted molar refractivity (Wildman–Crippen MR) is 99.4 cm³/mol. The van der Waals surface area contributed by atoms with E-state index in [0.29, 0.717) is 17.0 Å². The zero-order chi connectivity index (χ0) is 18.1. The lowest BCUT2D eigenvalue weighted by Crippen LogP contribution is -2.19. The number of ether oxygens (including phenoxy) is 1. The number of hydrogen-bond acceptors (Lipinski definition) is 4. The van der Waals surface area contributed by atoms with Gasteiger partial charge in [-0.15, -0.1) is 0 Å². The number of aromatic nitrogens is 2. The van der Waals surface area contributed by atoms with Crippen molar-refractivity contribution in [2.24, 2.45) is 5.92 Å². The summed E-state index contributed by atoms with van der Waals surface area (Å²) in [6.07, 6.45) is 4.29. The van der Waals surface area contributed by atoms with Gasteiger partial charge in [-0.25, -0.2) is 9.78 Å². The summed E-state index contributed by atoms with van der Waals surface area (Å²) in [6, 6.07) is 12.3. The fraction of sp³-hybridized carbons (Fsp3) is 0.286. The molecule has 26 heavy (non-hydrogen) atoms. The van der Waals surface area contributed by atoms with Gasteiger partial charge in [0.25, 0.3) is 0 Å². The first kappa shape index (κ1) is 16.5. The number of benzene rings is 1. The SMILES string of the molecule is CCOC(=O)c1c[nH]c2ccc(CC3Cc4ccccc4C3)nc2c1=O. The van der Waals surface area contributed by atoms with E-state index in [2.05, 4.69) is 34.2 Å². The summed E-state index contributed by atoms with van der Waals surface area (Å²) in [4.78, 5) is 32.1. The molecule has 0 radical (unpaired) electrons. The van der Waals surface area contributed by atoms with Gasteiger partial charge in [0.1, 0.15) is 11.1 Å². The van der Waals surface area contributed by atoms with Crippen LogP contribution in [0.5, 0.6) is 0 Å². The molecule has 3 aromatic rings. The lowest BCUT2D eigenvalue weighted by Gasteiger charge is -2.09. The van der Waals surface area contributed by atoms with E-state index < -0.39 is 5.97 Å². The van der Waals surface area contributed by atoms with Gasteiger partial charge in [0.15, 0.2) is 0 Å². The Hall–Kier alpha value is -2.95. The maximum atomic E-state index is 12.6. The Balaban J connectivity index is 1.62. The minimum Gasteiger partial charge on any atom is -0.462 e. The molecule has 4 rings (SSSR count). The van der Waals surface area contributed by atoms with Gasteiger partial charge in [0.2, 0.25) is 5.43 Å². The summed E-state index contributed by atoms with van der Waals surface area (Å²) in [5.41, 5.74) is 4.22. The molecule has 0 fully saturated rings. The van der Waals surface area contributed by atoms with E-state index in [0.717, 1.165) is 25.0 Å². The number of rotatable bonds is 4. The highest BCUT2D eigenvalue weighted by molar-refractivity contribution is 5.92. The minimum atomic E-state index is -0.617. The van der Waals surface area contributed by atoms with Crippen molar-refractivity contribution < 1.29 is 9.53 Å². The lowest BCUT2D eigenvalue weighted by atomic mass is 9.99. The predicted octanol–water partition coefficient (Wildman–Crippen LogP) is 3.06. The van der Waals surface area contributed by atoms with E-state index in [9.17, 15) is 9.59 Å². The molecule has 1 N–H and O–H groups in total. The molecular formula is C21H20N2O3. The molecule has 1 aromatic carbocycles. The van der Waals surface area contributed by atoms with Gasteiger partial charge in [0.05, 0.1) is 12.1 Å². The maximum Gasteiger partial charge on any atom is 0.343 e. The van der Waals surface area contributed by atoms with Crippen LogP contribution < -0.4 is 5.43 Å². The number of pyridine rings is 2. The Bertz CT molecular complexity index is 1010. The topological polar surface area (TPSA) is 72.1 Å². The van der Waals surface area contributed by atoms with E-state index >= 15 is 0 Å². The number of fused-ring (bicyclic) bond motifs is 2. The number of hydrogen-bond donors (Lipinski definition) is 1. The Morgan fingerprint density at radius 2 is 1.92 bits per heavy atom. The molecule has 0 spiro atoms. The lowest BCUT2D eigenvalue weighted by molar-refractivity contribution is 0.0524. The van der Waals surface area contributed by atoms with E-state index in [1.54, 1.807) is 6.92 Å². The van der Waals surface area contributed by atoms with Crippen LogP contribution in [0.2, 0.25) is 0 Å². The van der Waals surface area contributed by atoms with Crippen LogP contribution in [-0.2, 0) is 24.0 Å². The average Bonchev–Trinajstić information content (AvgIpc) is 3.05. The molecule has 0 amide bonds. The number of esters is 1. The summed E-state index contributed by atoms with van der Waals surface area (Å²) in [5, 5.41) is 0. The standard InChI is InChI=1S/C21H20N2O3/c1-2-26-21(25)17-12-22-18-8-7-16(23-19(18)20(17)24)11-13-9-14-5-3-4-6-15(14)10-13/h3-8,12-13H,2,9-11H2,1H3,(H,22,24). The van der Waals surface area contributed by atoms with Gasteiger partial charge in [-0.3, -0.25) is 4.79 Å². The van der Waals surface area contributed by atoms with Crippen molar-refractivity contribution in [3.05, 3.63) is 75.2 Å². The first-order chi connectivity index (χ1) is 12.7. The van der Waals surface area contributed by atoms with Crippen LogP contribution in [0.1, 0.15) is 34.1 Å². The Morgan fingerprint density at radius 3 is 2.62 bits per heavy atom. The third-order valence-electron chi connectivity index (χ3n) is 4.91. The fourth-order valence-corrected chi connectivity index (χ4v) is 3.70. The van der Waals surface area contributed by atoms with E-state index in [-0.39, 0.29) is 17.6 Å². The molecule has 0 atom stereocenters. The molecule has 5 nitrogen and oxygen atoms in total. The first-order valence-electron chi connectivity index (χ1n) is 8.91. The van der Waals surface area contributed by atoms with Crippen LogP contribution in [0, 0.1) is 5.92 Å². The van der Waals surface area contributed by atoms with Crippen molar-refractivity contribution in [3.63, 3.8) is 0 Å². The van der Waals surface area contributed by atoms with Crippen LogP contribution in [0.15, 0.2) is 47.4 Å². The molecule has 132 valence electrons. The smallest absolute Gasteiger partial charge is 0.343 e. The molecule has 1 aliphatic carbocycles. The third kappa shape index (κ3) is 3.01. The third-order valence-corrected chi connectivity index (χ3v) is 4.91. The number of nitrogens with one attached hydrogen (secondary N) is 1. The van der Waals surface area contributed by atoms with E-state index in [1.165, 1.54) is 17.3 Å². The van der Waals surface area contributed by atoms with Gasteiger partial charge in [-0.1, -0.05) is 24.3 Å². The van der Waals surface area contributed by atoms with Crippen LogP contribution in [0.4, 0.5) is 0 Å². The number of nitrogens with zero attached hydrogens (tertiary/aromatic N) is 1. The van der Waals surface area contributed by atoms with Gasteiger partial charge < -0.3 is 9.72 Å². The zero-order valence-electron chi connectivity index (χ0n) is 14.6.